The summed E-state index contributed by atoms with van der Waals surface area (Å²) < 4.78 is 34.0. The molecule has 23 heavy (non-hydrogen) atoms. The molecule has 9 heteroatoms. The maximum atomic E-state index is 13.7. The van der Waals surface area contributed by atoms with E-state index in [1.807, 2.05) is 6.92 Å². The molecule has 1 aromatic carbocycles. The highest BCUT2D eigenvalue weighted by Gasteiger charge is 2.18. The van der Waals surface area contributed by atoms with Crippen molar-refractivity contribution < 1.29 is 13.3 Å². The van der Waals surface area contributed by atoms with Crippen LogP contribution in [0.2, 0.25) is 0 Å². The molecule has 0 radical (unpaired) electrons. The first-order valence-electron chi connectivity index (χ1n) is 6.96. The number of benzene rings is 1. The van der Waals surface area contributed by atoms with Gasteiger partial charge in [0.25, 0.3) is 5.89 Å². The zero-order chi connectivity index (χ0) is 16.2. The largest absolute Gasteiger partial charge is 0.334 e. The van der Waals surface area contributed by atoms with E-state index >= 15 is 0 Å². The molecule has 1 N–H and O–H groups in total. The number of hydrogen-bond acceptors (Lipinski definition) is 6. The highest BCUT2D eigenvalue weighted by molar-refractivity contribution is 5.54. The molecular weight excluding hydrogens is 306 g/mol. The second kappa shape index (κ2) is 6.61. The van der Waals surface area contributed by atoms with E-state index in [9.17, 15) is 8.78 Å². The van der Waals surface area contributed by atoms with Gasteiger partial charge in [-0.3, -0.25) is 4.68 Å². The molecule has 0 aliphatic rings. The van der Waals surface area contributed by atoms with Crippen molar-refractivity contribution in [1.82, 2.24) is 30.2 Å². The molecule has 3 rings (SSSR count). The highest BCUT2D eigenvalue weighted by atomic mass is 19.1. The van der Waals surface area contributed by atoms with Crippen LogP contribution in [0.4, 0.5) is 8.78 Å². The van der Waals surface area contributed by atoms with Gasteiger partial charge in [-0.15, -0.1) is 0 Å². The summed E-state index contributed by atoms with van der Waals surface area (Å²) in [5.41, 5.74) is -0.318. The van der Waals surface area contributed by atoms with E-state index in [1.165, 1.54) is 12.4 Å². The Morgan fingerprint density at radius 3 is 2.78 bits per heavy atom. The molecule has 0 saturated heterocycles. The lowest BCUT2D eigenvalue weighted by Gasteiger charge is -2.11. The number of rotatable bonds is 6. The van der Waals surface area contributed by atoms with Crippen LogP contribution in [0.3, 0.4) is 0 Å². The number of nitrogens with one attached hydrogen (secondary N) is 1. The third-order valence-electron chi connectivity index (χ3n) is 3.18. The molecule has 0 saturated carbocycles. The van der Waals surface area contributed by atoms with Crippen molar-refractivity contribution in [2.45, 2.75) is 26.1 Å². The van der Waals surface area contributed by atoms with Gasteiger partial charge in [0, 0.05) is 6.04 Å². The first kappa shape index (κ1) is 15.2. The lowest BCUT2D eigenvalue weighted by molar-refractivity contribution is 0.403. The molecule has 0 amide bonds. The van der Waals surface area contributed by atoms with Gasteiger partial charge in [0.1, 0.15) is 29.9 Å². The van der Waals surface area contributed by atoms with Crippen molar-refractivity contribution in [1.29, 1.82) is 0 Å². The molecule has 2 aromatic heterocycles. The van der Waals surface area contributed by atoms with Gasteiger partial charge in [-0.1, -0.05) is 11.2 Å². The lowest BCUT2D eigenvalue weighted by Crippen LogP contribution is -2.30. The zero-order valence-electron chi connectivity index (χ0n) is 12.3. The summed E-state index contributed by atoms with van der Waals surface area (Å²) in [5, 5.41) is 10.9. The molecule has 0 spiro atoms. The molecule has 2 heterocycles. The van der Waals surface area contributed by atoms with Crippen molar-refractivity contribution >= 4 is 0 Å². The molecule has 1 unspecified atom stereocenters. The molecule has 7 nitrogen and oxygen atoms in total. The maximum absolute atomic E-state index is 13.7. The third-order valence-corrected chi connectivity index (χ3v) is 3.18. The average Bonchev–Trinajstić information content (AvgIpc) is 3.17. The molecule has 0 bridgehead atoms. The first-order chi connectivity index (χ1) is 11.1. The van der Waals surface area contributed by atoms with E-state index in [4.69, 9.17) is 4.52 Å². The van der Waals surface area contributed by atoms with Gasteiger partial charge >= 0.3 is 0 Å². The van der Waals surface area contributed by atoms with Crippen LogP contribution in [0, 0.1) is 11.6 Å². The number of hydrogen-bond donors (Lipinski definition) is 1. The zero-order valence-corrected chi connectivity index (χ0v) is 12.3. The Bertz CT molecular complexity index is 753. The Morgan fingerprint density at radius 2 is 2.09 bits per heavy atom. The van der Waals surface area contributed by atoms with Crippen LogP contribution in [0.1, 0.15) is 12.7 Å². The summed E-state index contributed by atoms with van der Waals surface area (Å²) in [4.78, 5) is 7.88. The van der Waals surface area contributed by atoms with Gasteiger partial charge in [-0.2, -0.15) is 10.1 Å². The molecule has 0 aliphatic heterocycles. The van der Waals surface area contributed by atoms with Crippen molar-refractivity contribution in [2.75, 3.05) is 0 Å². The fourth-order valence-corrected chi connectivity index (χ4v) is 2.07. The van der Waals surface area contributed by atoms with Gasteiger partial charge in [-0.05, 0) is 19.1 Å². The smallest absolute Gasteiger partial charge is 0.263 e. The van der Waals surface area contributed by atoms with Crippen molar-refractivity contribution in [2.24, 2.45) is 0 Å². The minimum Gasteiger partial charge on any atom is -0.334 e. The maximum Gasteiger partial charge on any atom is 0.263 e. The molecule has 1 atom stereocenters. The third kappa shape index (κ3) is 3.57. The molecule has 0 aliphatic carbocycles. The normalized spacial score (nSPS) is 12.5. The van der Waals surface area contributed by atoms with E-state index < -0.39 is 11.6 Å². The summed E-state index contributed by atoms with van der Waals surface area (Å²) in [7, 11) is 0. The lowest BCUT2D eigenvalue weighted by atomic mass is 10.2. The minimum atomic E-state index is -0.743. The Labute approximate surface area is 130 Å². The predicted molar refractivity (Wildman–Crippen MR) is 76.0 cm³/mol. The fraction of sp³-hybridized carbons (Fsp3) is 0.286. The Morgan fingerprint density at radius 1 is 1.30 bits per heavy atom. The average molecular weight is 320 g/mol. The second-order valence-corrected chi connectivity index (χ2v) is 5.01. The number of halogens is 2. The van der Waals surface area contributed by atoms with Crippen LogP contribution in [-0.4, -0.2) is 30.9 Å². The van der Waals surface area contributed by atoms with Crippen LogP contribution in [0.15, 0.2) is 35.4 Å². The van der Waals surface area contributed by atoms with Gasteiger partial charge in [0.05, 0.1) is 13.1 Å². The van der Waals surface area contributed by atoms with Crippen molar-refractivity contribution in [3.05, 3.63) is 48.3 Å². The predicted octanol–water partition coefficient (Wildman–Crippen LogP) is 1.78. The SMILES string of the molecule is CC(Cn1cncn1)NCc1noc(-c2c(F)cccc2F)n1. The first-order valence-corrected chi connectivity index (χ1v) is 6.96. The number of aromatic nitrogens is 5. The van der Waals surface area contributed by atoms with E-state index in [0.717, 1.165) is 12.1 Å². The van der Waals surface area contributed by atoms with E-state index in [2.05, 4.69) is 25.5 Å². The van der Waals surface area contributed by atoms with E-state index in [0.29, 0.717) is 18.9 Å². The van der Waals surface area contributed by atoms with Crippen molar-refractivity contribution in [3.8, 4) is 11.5 Å². The second-order valence-electron chi connectivity index (χ2n) is 5.01. The van der Waals surface area contributed by atoms with Gasteiger partial charge < -0.3 is 9.84 Å². The fourth-order valence-electron chi connectivity index (χ4n) is 2.07. The standard InChI is InChI=1S/C14H14F2N6O/c1-9(6-22-8-17-7-19-22)18-5-12-20-14(23-21-12)13-10(15)3-2-4-11(13)16/h2-4,7-9,18H,5-6H2,1H3. The van der Waals surface area contributed by atoms with Crippen molar-refractivity contribution in [3.63, 3.8) is 0 Å². The summed E-state index contributed by atoms with van der Waals surface area (Å²) >= 11 is 0. The topological polar surface area (TPSA) is 81.7 Å². The quantitative estimate of drug-likeness (QED) is 0.745. The summed E-state index contributed by atoms with van der Waals surface area (Å²) in [6.07, 6.45) is 3.08. The van der Waals surface area contributed by atoms with Crippen LogP contribution in [0.5, 0.6) is 0 Å². The number of nitrogens with zero attached hydrogens (tertiary/aromatic N) is 5. The monoisotopic (exact) mass is 320 g/mol. The minimum absolute atomic E-state index is 0.0730. The molecular formula is C14H14F2N6O. The Hall–Kier alpha value is -2.68. The van der Waals surface area contributed by atoms with Crippen LogP contribution < -0.4 is 5.32 Å². The molecule has 3 aromatic rings. The van der Waals surface area contributed by atoms with Crippen LogP contribution >= 0.6 is 0 Å². The Kier molecular flexibility index (Phi) is 4.38. The summed E-state index contributed by atoms with van der Waals surface area (Å²) in [6.45, 7) is 2.88. The van der Waals surface area contributed by atoms with Gasteiger partial charge in [0.2, 0.25) is 0 Å². The van der Waals surface area contributed by atoms with Gasteiger partial charge in [-0.25, -0.2) is 13.8 Å². The molecule has 120 valence electrons. The summed E-state index contributed by atoms with van der Waals surface area (Å²) in [5.74, 6) is -1.35. The van der Waals surface area contributed by atoms with E-state index in [1.54, 1.807) is 11.0 Å². The van der Waals surface area contributed by atoms with Crippen LogP contribution in [-0.2, 0) is 13.1 Å². The molecule has 0 fully saturated rings. The highest BCUT2D eigenvalue weighted by Crippen LogP contribution is 2.24. The van der Waals surface area contributed by atoms with Crippen LogP contribution in [0.25, 0.3) is 11.5 Å². The van der Waals surface area contributed by atoms with E-state index in [-0.39, 0.29) is 17.5 Å². The Balaban J connectivity index is 1.63. The summed E-state index contributed by atoms with van der Waals surface area (Å²) in [6, 6.07) is 3.63. The van der Waals surface area contributed by atoms with Gasteiger partial charge in [0.15, 0.2) is 5.82 Å².